The summed E-state index contributed by atoms with van der Waals surface area (Å²) in [5.41, 5.74) is 0.671. The van der Waals surface area contributed by atoms with Gasteiger partial charge in [-0.3, -0.25) is 14.2 Å². The van der Waals surface area contributed by atoms with Crippen molar-refractivity contribution >= 4 is 22.5 Å². The highest BCUT2D eigenvalue weighted by Crippen LogP contribution is 2.20. The smallest absolute Gasteiger partial charge is 0.265 e. The summed E-state index contributed by atoms with van der Waals surface area (Å²) in [5, 5.41) is 2.95. The van der Waals surface area contributed by atoms with Crippen molar-refractivity contribution in [1.82, 2.24) is 9.55 Å². The van der Waals surface area contributed by atoms with Gasteiger partial charge in [0.2, 0.25) is 0 Å². The number of hydrogen-bond donors (Lipinski definition) is 1. The molecule has 1 amide bonds. The van der Waals surface area contributed by atoms with E-state index in [1.165, 1.54) is 22.8 Å². The highest BCUT2D eigenvalue weighted by atomic mass is 19.1. The van der Waals surface area contributed by atoms with Crippen molar-refractivity contribution in [2.75, 3.05) is 11.9 Å². The zero-order chi connectivity index (χ0) is 21.1. The lowest BCUT2D eigenvalue weighted by atomic mass is 10.2. The largest absolute Gasteiger partial charge is 0.484 e. The number of aryl methyl sites for hydroxylation is 1. The summed E-state index contributed by atoms with van der Waals surface area (Å²) in [5.74, 6) is -0.150. The number of carbonyl (C=O) groups excluding carboxylic acids is 1. The number of anilines is 1. The normalized spacial score (nSPS) is 10.7. The zero-order valence-corrected chi connectivity index (χ0v) is 16.1. The van der Waals surface area contributed by atoms with E-state index < -0.39 is 11.7 Å². The van der Waals surface area contributed by atoms with Crippen LogP contribution >= 0.6 is 0 Å². The molecule has 7 heteroatoms. The van der Waals surface area contributed by atoms with Gasteiger partial charge in [0.25, 0.3) is 11.5 Å². The monoisotopic (exact) mass is 403 g/mol. The van der Waals surface area contributed by atoms with Crippen LogP contribution in [0.3, 0.4) is 0 Å². The van der Waals surface area contributed by atoms with Crippen LogP contribution in [-0.2, 0) is 4.79 Å². The molecule has 4 rings (SSSR count). The Kier molecular flexibility index (Phi) is 5.26. The quantitative estimate of drug-likeness (QED) is 0.549. The summed E-state index contributed by atoms with van der Waals surface area (Å²) >= 11 is 0. The lowest BCUT2D eigenvalue weighted by Gasteiger charge is -2.13. The highest BCUT2D eigenvalue weighted by molar-refractivity contribution is 5.92. The second-order valence-corrected chi connectivity index (χ2v) is 6.63. The van der Waals surface area contributed by atoms with Crippen molar-refractivity contribution in [3.05, 3.63) is 94.8 Å². The molecule has 0 atom stereocenters. The Labute approximate surface area is 171 Å². The molecule has 0 fully saturated rings. The Morgan fingerprint density at radius 2 is 1.80 bits per heavy atom. The Balaban J connectivity index is 1.62. The van der Waals surface area contributed by atoms with Crippen LogP contribution in [0, 0.1) is 12.7 Å². The fourth-order valence-corrected chi connectivity index (χ4v) is 3.15. The van der Waals surface area contributed by atoms with Gasteiger partial charge in [0, 0.05) is 0 Å². The minimum atomic E-state index is -0.619. The molecule has 0 aliphatic heterocycles. The van der Waals surface area contributed by atoms with Crippen LogP contribution in [0.2, 0.25) is 0 Å². The minimum absolute atomic E-state index is 0.0476. The number of aromatic nitrogens is 2. The Morgan fingerprint density at radius 1 is 1.07 bits per heavy atom. The third kappa shape index (κ3) is 3.91. The average molecular weight is 403 g/mol. The molecule has 0 spiro atoms. The number of para-hydroxylation sites is 2. The Bertz CT molecular complexity index is 1290. The number of nitrogens with zero attached hydrogens (tertiary/aromatic N) is 2. The first-order valence-corrected chi connectivity index (χ1v) is 9.29. The van der Waals surface area contributed by atoms with Gasteiger partial charge in [0.05, 0.1) is 22.3 Å². The van der Waals surface area contributed by atoms with Gasteiger partial charge < -0.3 is 10.1 Å². The molecule has 150 valence electrons. The molecule has 1 heterocycles. The average Bonchev–Trinajstić information content (AvgIpc) is 2.75. The van der Waals surface area contributed by atoms with E-state index in [0.29, 0.717) is 28.2 Å². The maximum absolute atomic E-state index is 14.3. The van der Waals surface area contributed by atoms with Gasteiger partial charge in [-0.2, -0.15) is 0 Å². The first kappa shape index (κ1) is 19.3. The van der Waals surface area contributed by atoms with E-state index in [9.17, 15) is 14.0 Å². The number of carbonyl (C=O) groups is 1. The van der Waals surface area contributed by atoms with Gasteiger partial charge in [0.1, 0.15) is 17.4 Å². The fourth-order valence-electron chi connectivity index (χ4n) is 3.15. The van der Waals surface area contributed by atoms with Gasteiger partial charge in [-0.25, -0.2) is 9.37 Å². The van der Waals surface area contributed by atoms with Crippen molar-refractivity contribution in [2.24, 2.45) is 0 Å². The summed E-state index contributed by atoms with van der Waals surface area (Å²) in [4.78, 5) is 29.6. The van der Waals surface area contributed by atoms with Gasteiger partial charge in [-0.1, -0.05) is 30.3 Å². The molecule has 0 saturated heterocycles. The van der Waals surface area contributed by atoms with E-state index in [-0.39, 0.29) is 17.9 Å². The van der Waals surface area contributed by atoms with Crippen molar-refractivity contribution in [2.45, 2.75) is 6.92 Å². The molecule has 0 radical (unpaired) electrons. The fraction of sp³-hybridized carbons (Fsp3) is 0.0870. The number of amides is 1. The predicted molar refractivity (Wildman–Crippen MR) is 113 cm³/mol. The van der Waals surface area contributed by atoms with E-state index in [1.807, 2.05) is 12.1 Å². The lowest BCUT2D eigenvalue weighted by molar-refractivity contribution is -0.118. The van der Waals surface area contributed by atoms with Crippen LogP contribution < -0.4 is 15.6 Å². The van der Waals surface area contributed by atoms with E-state index >= 15 is 0 Å². The van der Waals surface area contributed by atoms with Gasteiger partial charge in [-0.05, 0) is 49.4 Å². The zero-order valence-electron chi connectivity index (χ0n) is 16.1. The van der Waals surface area contributed by atoms with Crippen molar-refractivity contribution in [3.8, 4) is 11.4 Å². The highest BCUT2D eigenvalue weighted by Gasteiger charge is 2.13. The van der Waals surface area contributed by atoms with Gasteiger partial charge >= 0.3 is 0 Å². The van der Waals surface area contributed by atoms with Gasteiger partial charge in [0.15, 0.2) is 6.61 Å². The van der Waals surface area contributed by atoms with Crippen molar-refractivity contribution < 1.29 is 13.9 Å². The van der Waals surface area contributed by atoms with Gasteiger partial charge in [-0.15, -0.1) is 0 Å². The molecule has 0 saturated carbocycles. The van der Waals surface area contributed by atoms with Crippen LogP contribution in [-0.4, -0.2) is 22.1 Å². The van der Waals surface area contributed by atoms with Crippen LogP contribution in [0.1, 0.15) is 5.82 Å². The molecular formula is C23H18FN3O3. The van der Waals surface area contributed by atoms with Crippen LogP contribution in [0.5, 0.6) is 5.75 Å². The number of nitrogens with one attached hydrogen (secondary N) is 1. The second-order valence-electron chi connectivity index (χ2n) is 6.63. The van der Waals surface area contributed by atoms with Crippen molar-refractivity contribution in [3.63, 3.8) is 0 Å². The summed E-state index contributed by atoms with van der Waals surface area (Å²) < 4.78 is 21.1. The number of hydrogen-bond acceptors (Lipinski definition) is 4. The molecule has 1 N–H and O–H groups in total. The number of halogens is 1. The SMILES string of the molecule is Cc1nc2ccccc2c(=O)n1-c1ccc(F)c(NC(=O)COc2ccccc2)c1. The summed E-state index contributed by atoms with van der Waals surface area (Å²) in [6, 6.07) is 19.9. The molecule has 1 aromatic heterocycles. The molecule has 30 heavy (non-hydrogen) atoms. The number of rotatable bonds is 5. The van der Waals surface area contributed by atoms with E-state index in [1.54, 1.807) is 49.4 Å². The number of benzene rings is 3. The first-order chi connectivity index (χ1) is 14.5. The molecule has 4 aromatic rings. The maximum Gasteiger partial charge on any atom is 0.265 e. The van der Waals surface area contributed by atoms with Crippen LogP contribution in [0.25, 0.3) is 16.6 Å². The lowest BCUT2D eigenvalue weighted by Crippen LogP contribution is -2.23. The van der Waals surface area contributed by atoms with E-state index in [0.717, 1.165) is 0 Å². The molecule has 0 aliphatic carbocycles. The summed E-state index contributed by atoms with van der Waals surface area (Å²) in [6.07, 6.45) is 0. The number of ether oxygens (including phenoxy) is 1. The predicted octanol–water partition coefficient (Wildman–Crippen LogP) is 3.85. The third-order valence-corrected chi connectivity index (χ3v) is 4.54. The number of fused-ring (bicyclic) bond motifs is 1. The second kappa shape index (κ2) is 8.16. The molecule has 0 unspecified atom stereocenters. The maximum atomic E-state index is 14.3. The summed E-state index contributed by atoms with van der Waals surface area (Å²) in [7, 11) is 0. The van der Waals surface area contributed by atoms with Crippen molar-refractivity contribution in [1.29, 1.82) is 0 Å². The molecule has 6 nitrogen and oxygen atoms in total. The molecular weight excluding hydrogens is 385 g/mol. The van der Waals surface area contributed by atoms with Crippen LogP contribution in [0.15, 0.2) is 77.6 Å². The minimum Gasteiger partial charge on any atom is -0.484 e. The van der Waals surface area contributed by atoms with E-state index in [4.69, 9.17) is 4.74 Å². The standard InChI is InChI=1S/C23H18FN3O3/c1-15-25-20-10-6-5-9-18(20)23(29)27(15)16-11-12-19(24)21(13-16)26-22(28)14-30-17-7-3-2-4-8-17/h2-13H,14H2,1H3,(H,26,28). The molecule has 0 bridgehead atoms. The topological polar surface area (TPSA) is 73.2 Å². The Hall–Kier alpha value is -4.00. The first-order valence-electron chi connectivity index (χ1n) is 9.29. The van der Waals surface area contributed by atoms with E-state index in [2.05, 4.69) is 10.3 Å². The Morgan fingerprint density at radius 3 is 2.60 bits per heavy atom. The molecule has 0 aliphatic rings. The van der Waals surface area contributed by atoms with Crippen LogP contribution in [0.4, 0.5) is 10.1 Å². The summed E-state index contributed by atoms with van der Waals surface area (Å²) in [6.45, 7) is 1.42. The third-order valence-electron chi connectivity index (χ3n) is 4.54. The molecule has 3 aromatic carbocycles.